The molecule has 4 heteroatoms. The molecule has 0 radical (unpaired) electrons. The van der Waals surface area contributed by atoms with Gasteiger partial charge in [0.15, 0.2) is 0 Å². The van der Waals surface area contributed by atoms with E-state index in [4.69, 9.17) is 9.47 Å². The number of hydrogen-bond acceptors (Lipinski definition) is 3. The van der Waals surface area contributed by atoms with Crippen molar-refractivity contribution >= 4 is 11.6 Å². The lowest BCUT2D eigenvalue weighted by Gasteiger charge is -2.24. The molecule has 0 fully saturated rings. The van der Waals surface area contributed by atoms with Gasteiger partial charge in [-0.3, -0.25) is 9.69 Å². The Kier molecular flexibility index (Phi) is 4.97. The van der Waals surface area contributed by atoms with Crippen molar-refractivity contribution in [2.24, 2.45) is 0 Å². The smallest absolute Gasteiger partial charge is 0.225 e. The quantitative estimate of drug-likeness (QED) is 0.738. The summed E-state index contributed by atoms with van der Waals surface area (Å²) in [5.41, 5.74) is 0.725. The molecule has 1 amide bonds. The van der Waals surface area contributed by atoms with Crippen LogP contribution in [0.4, 0.5) is 5.69 Å². The van der Waals surface area contributed by atoms with Crippen molar-refractivity contribution in [3.8, 4) is 5.75 Å². The van der Waals surface area contributed by atoms with Crippen LogP contribution in [0, 0.1) is 0 Å². The van der Waals surface area contributed by atoms with Crippen molar-refractivity contribution in [1.82, 2.24) is 0 Å². The lowest BCUT2D eigenvalue weighted by Crippen LogP contribution is -2.32. The van der Waals surface area contributed by atoms with Crippen LogP contribution in [0.25, 0.3) is 0 Å². The van der Waals surface area contributed by atoms with E-state index in [1.54, 1.807) is 12.0 Å². The molecule has 0 aliphatic heterocycles. The molecule has 4 nitrogen and oxygen atoms in total. The number of hydrogen-bond donors (Lipinski definition) is 0. The van der Waals surface area contributed by atoms with E-state index in [0.29, 0.717) is 5.75 Å². The molecule has 0 N–H and O–H groups in total. The summed E-state index contributed by atoms with van der Waals surface area (Å²) in [5, 5.41) is 0. The number of nitrogens with zero attached hydrogens (tertiary/aromatic N) is 1. The molecular formula is C13H19NO3. The number of carbonyl (C=O) groups is 1. The summed E-state index contributed by atoms with van der Waals surface area (Å²) < 4.78 is 10.7. The van der Waals surface area contributed by atoms with Gasteiger partial charge in [0.1, 0.15) is 12.5 Å². The second-order valence-corrected chi connectivity index (χ2v) is 3.96. The number of anilines is 1. The highest BCUT2D eigenvalue weighted by atomic mass is 16.5. The summed E-state index contributed by atoms with van der Waals surface area (Å²) in [7, 11) is 1.58. The fourth-order valence-electron chi connectivity index (χ4n) is 1.41. The van der Waals surface area contributed by atoms with Crippen LogP contribution in [0.3, 0.4) is 0 Å². The maximum atomic E-state index is 11.6. The topological polar surface area (TPSA) is 38.8 Å². The van der Waals surface area contributed by atoms with E-state index < -0.39 is 0 Å². The van der Waals surface area contributed by atoms with Crippen LogP contribution in [-0.2, 0) is 9.53 Å². The number of amides is 1. The van der Waals surface area contributed by atoms with Gasteiger partial charge in [-0.25, -0.2) is 0 Å². The van der Waals surface area contributed by atoms with Gasteiger partial charge in [0.05, 0.1) is 18.9 Å². The van der Waals surface area contributed by atoms with Gasteiger partial charge < -0.3 is 9.47 Å². The molecule has 94 valence electrons. The second-order valence-electron chi connectivity index (χ2n) is 3.96. The van der Waals surface area contributed by atoms with E-state index >= 15 is 0 Å². The Balaban J connectivity index is 2.93. The number of para-hydroxylation sites is 2. The molecule has 0 heterocycles. The van der Waals surface area contributed by atoms with Crippen molar-refractivity contribution in [3.63, 3.8) is 0 Å². The van der Waals surface area contributed by atoms with E-state index in [0.717, 1.165) is 5.69 Å². The summed E-state index contributed by atoms with van der Waals surface area (Å²) in [6.45, 7) is 5.60. The average molecular weight is 237 g/mol. The third-order valence-corrected chi connectivity index (χ3v) is 2.29. The number of rotatable bonds is 5. The summed E-state index contributed by atoms with van der Waals surface area (Å²) >= 11 is 0. The molecule has 1 rings (SSSR count). The molecule has 0 aromatic heterocycles. The Labute approximate surface area is 102 Å². The summed E-state index contributed by atoms with van der Waals surface area (Å²) in [4.78, 5) is 13.2. The normalized spacial score (nSPS) is 10.4. The average Bonchev–Trinajstić information content (AvgIpc) is 2.29. The maximum absolute atomic E-state index is 11.6. The number of carbonyl (C=O) groups excluding carboxylic acids is 1. The number of ether oxygens (including phenoxy) is 2. The molecule has 0 saturated carbocycles. The Morgan fingerprint density at radius 2 is 2.00 bits per heavy atom. The Hall–Kier alpha value is -1.55. The monoisotopic (exact) mass is 237 g/mol. The van der Waals surface area contributed by atoms with E-state index in [1.165, 1.54) is 6.92 Å². The molecule has 0 aliphatic rings. The van der Waals surface area contributed by atoms with Crippen LogP contribution in [0.15, 0.2) is 24.3 Å². The minimum Gasteiger partial charge on any atom is -0.495 e. The zero-order valence-electron chi connectivity index (χ0n) is 10.8. The highest BCUT2D eigenvalue weighted by Gasteiger charge is 2.16. The van der Waals surface area contributed by atoms with E-state index in [9.17, 15) is 4.79 Å². The lowest BCUT2D eigenvalue weighted by molar-refractivity contribution is -0.118. The van der Waals surface area contributed by atoms with E-state index in [1.807, 2.05) is 38.1 Å². The minimum atomic E-state index is -0.0739. The van der Waals surface area contributed by atoms with Crippen LogP contribution in [0.5, 0.6) is 5.75 Å². The number of methoxy groups -OCH3 is 1. The van der Waals surface area contributed by atoms with Gasteiger partial charge in [-0.2, -0.15) is 0 Å². The fourth-order valence-corrected chi connectivity index (χ4v) is 1.41. The molecule has 17 heavy (non-hydrogen) atoms. The van der Waals surface area contributed by atoms with Gasteiger partial charge in [0.25, 0.3) is 0 Å². The van der Waals surface area contributed by atoms with Gasteiger partial charge >= 0.3 is 0 Å². The Morgan fingerprint density at radius 3 is 2.53 bits per heavy atom. The zero-order valence-corrected chi connectivity index (χ0v) is 10.8. The van der Waals surface area contributed by atoms with Crippen molar-refractivity contribution < 1.29 is 14.3 Å². The Morgan fingerprint density at radius 1 is 1.35 bits per heavy atom. The molecular weight excluding hydrogens is 218 g/mol. The predicted octanol–water partition coefficient (Wildman–Crippen LogP) is 2.43. The molecule has 0 atom stereocenters. The minimum absolute atomic E-state index is 0.0739. The van der Waals surface area contributed by atoms with Crippen LogP contribution in [-0.4, -0.2) is 25.9 Å². The Bertz CT molecular complexity index is 377. The van der Waals surface area contributed by atoms with Crippen LogP contribution in [0.1, 0.15) is 20.8 Å². The molecule has 0 saturated heterocycles. The highest BCUT2D eigenvalue weighted by molar-refractivity contribution is 5.92. The van der Waals surface area contributed by atoms with Gasteiger partial charge in [-0.15, -0.1) is 0 Å². The second kappa shape index (κ2) is 6.25. The van der Waals surface area contributed by atoms with Gasteiger partial charge in [0.2, 0.25) is 5.91 Å². The summed E-state index contributed by atoms with van der Waals surface area (Å²) in [6, 6.07) is 7.39. The van der Waals surface area contributed by atoms with Crippen molar-refractivity contribution in [3.05, 3.63) is 24.3 Å². The van der Waals surface area contributed by atoms with Crippen LogP contribution >= 0.6 is 0 Å². The molecule has 1 aromatic carbocycles. The van der Waals surface area contributed by atoms with Crippen LogP contribution < -0.4 is 9.64 Å². The third-order valence-electron chi connectivity index (χ3n) is 2.29. The first-order chi connectivity index (χ1) is 8.06. The molecule has 0 unspecified atom stereocenters. The van der Waals surface area contributed by atoms with E-state index in [2.05, 4.69) is 0 Å². The van der Waals surface area contributed by atoms with Crippen LogP contribution in [0.2, 0.25) is 0 Å². The SMILES string of the molecule is COc1ccccc1N(COC(C)C)C(C)=O. The summed E-state index contributed by atoms with van der Waals surface area (Å²) in [5.74, 6) is 0.588. The molecule has 0 bridgehead atoms. The van der Waals surface area contributed by atoms with Gasteiger partial charge in [0, 0.05) is 6.92 Å². The summed E-state index contributed by atoms with van der Waals surface area (Å²) in [6.07, 6.45) is 0.0755. The first-order valence-corrected chi connectivity index (χ1v) is 5.59. The standard InChI is InChI=1S/C13H19NO3/c1-10(2)17-9-14(11(3)15)12-7-5-6-8-13(12)16-4/h5-8,10H,9H2,1-4H3. The third kappa shape index (κ3) is 3.75. The highest BCUT2D eigenvalue weighted by Crippen LogP contribution is 2.27. The molecule has 1 aromatic rings. The van der Waals surface area contributed by atoms with Crippen molar-refractivity contribution in [2.75, 3.05) is 18.7 Å². The first-order valence-electron chi connectivity index (χ1n) is 5.59. The first kappa shape index (κ1) is 13.5. The zero-order chi connectivity index (χ0) is 12.8. The van der Waals surface area contributed by atoms with E-state index in [-0.39, 0.29) is 18.7 Å². The molecule has 0 spiro atoms. The van der Waals surface area contributed by atoms with Crippen molar-refractivity contribution in [2.45, 2.75) is 26.9 Å². The van der Waals surface area contributed by atoms with Gasteiger partial charge in [-0.1, -0.05) is 12.1 Å². The molecule has 0 aliphatic carbocycles. The largest absolute Gasteiger partial charge is 0.495 e. The fraction of sp³-hybridized carbons (Fsp3) is 0.462. The lowest BCUT2D eigenvalue weighted by atomic mass is 10.2. The maximum Gasteiger partial charge on any atom is 0.225 e. The number of benzene rings is 1. The van der Waals surface area contributed by atoms with Crippen molar-refractivity contribution in [1.29, 1.82) is 0 Å². The predicted molar refractivity (Wildman–Crippen MR) is 67.2 cm³/mol. The van der Waals surface area contributed by atoms with Gasteiger partial charge in [-0.05, 0) is 26.0 Å².